The maximum atomic E-state index is 12.4. The number of ketones is 1. The number of thiophene rings is 1. The van der Waals surface area contributed by atoms with Gasteiger partial charge < -0.3 is 10.5 Å². The molecule has 2 N–H and O–H groups in total. The van der Waals surface area contributed by atoms with E-state index >= 15 is 0 Å². The number of anilines is 1. The molecule has 146 valence electrons. The van der Waals surface area contributed by atoms with Gasteiger partial charge in [0.15, 0.2) is 10.9 Å². The Morgan fingerprint density at radius 1 is 1.36 bits per heavy atom. The number of nitrogens with two attached hydrogens (primary N) is 1. The quantitative estimate of drug-likeness (QED) is 0.312. The predicted molar refractivity (Wildman–Crippen MR) is 118 cm³/mol. The molecule has 2 aromatic heterocycles. The molecular weight excluding hydrogens is 458 g/mol. The number of benzene rings is 1. The highest BCUT2D eigenvalue weighted by Crippen LogP contribution is 2.39. The number of hydrogen-bond donors (Lipinski definition) is 1. The number of aromatic nitrogens is 2. The number of ether oxygens (including phenoxy) is 1. The van der Waals surface area contributed by atoms with Gasteiger partial charge in [-0.2, -0.15) is 0 Å². The third-order valence-electron chi connectivity index (χ3n) is 4.82. The number of thioether (sulfide) groups is 1. The van der Waals surface area contributed by atoms with Gasteiger partial charge in [0.05, 0.1) is 23.8 Å². The van der Waals surface area contributed by atoms with E-state index in [1.54, 1.807) is 11.3 Å². The Labute approximate surface area is 180 Å². The number of rotatable bonds is 5. The molecule has 0 saturated carbocycles. The molecule has 3 aromatic rings. The number of Topliss-reactive ketones (excluding diaryl/α,β-unsaturated/α-hetero) is 1. The molecule has 1 atom stereocenters. The zero-order valence-corrected chi connectivity index (χ0v) is 18.8. The summed E-state index contributed by atoms with van der Waals surface area (Å²) in [6.07, 6.45) is 1.04. The summed E-state index contributed by atoms with van der Waals surface area (Å²) in [6, 6.07) is 7.34. The van der Waals surface area contributed by atoms with Gasteiger partial charge in [0.25, 0.3) is 0 Å². The fraction of sp³-hybridized carbons (Fsp3) is 0.350. The Balaban J connectivity index is 1.55. The molecule has 0 saturated heterocycles. The van der Waals surface area contributed by atoms with Gasteiger partial charge in [-0.25, -0.2) is 9.97 Å². The van der Waals surface area contributed by atoms with Crippen molar-refractivity contribution < 1.29 is 9.53 Å². The SMILES string of the molecule is CC(C)C1Cc2c(sc3nc(SCC(=O)c4ccc(Br)cc4)nc(N)c23)CO1. The molecule has 4 rings (SSSR count). The highest BCUT2D eigenvalue weighted by molar-refractivity contribution is 9.10. The first kappa shape index (κ1) is 19.8. The second kappa shape index (κ2) is 8.10. The molecule has 5 nitrogen and oxygen atoms in total. The van der Waals surface area contributed by atoms with E-state index in [0.717, 1.165) is 21.1 Å². The minimum absolute atomic E-state index is 0.0402. The fourth-order valence-corrected chi connectivity index (χ4v) is 5.43. The van der Waals surface area contributed by atoms with Crippen molar-refractivity contribution in [2.45, 2.75) is 38.1 Å². The molecule has 1 aliphatic rings. The molecular formula is C20H20BrN3O2S2. The maximum absolute atomic E-state index is 12.4. The number of hydrogen-bond acceptors (Lipinski definition) is 7. The molecule has 0 amide bonds. The number of fused-ring (bicyclic) bond motifs is 3. The van der Waals surface area contributed by atoms with Gasteiger partial charge in [-0.15, -0.1) is 11.3 Å². The van der Waals surface area contributed by atoms with Crippen molar-refractivity contribution in [2.24, 2.45) is 5.92 Å². The first-order valence-corrected chi connectivity index (χ1v) is 11.6. The number of carbonyl (C=O) groups is 1. The Kier molecular flexibility index (Phi) is 5.73. The number of nitrogen functional groups attached to an aromatic ring is 1. The summed E-state index contributed by atoms with van der Waals surface area (Å²) in [5.41, 5.74) is 8.19. The Hall–Kier alpha value is -1.48. The minimum atomic E-state index is 0.0402. The molecule has 1 aromatic carbocycles. The lowest BCUT2D eigenvalue weighted by Crippen LogP contribution is -2.26. The van der Waals surface area contributed by atoms with E-state index in [4.69, 9.17) is 10.5 Å². The van der Waals surface area contributed by atoms with Crippen molar-refractivity contribution in [3.8, 4) is 0 Å². The third kappa shape index (κ3) is 3.96. The van der Waals surface area contributed by atoms with Crippen LogP contribution >= 0.6 is 39.0 Å². The van der Waals surface area contributed by atoms with Crippen LogP contribution in [0.3, 0.4) is 0 Å². The van der Waals surface area contributed by atoms with Crippen molar-refractivity contribution in [3.05, 3.63) is 44.7 Å². The number of carbonyl (C=O) groups excluding carboxylic acids is 1. The summed E-state index contributed by atoms with van der Waals surface area (Å²) in [4.78, 5) is 23.6. The number of nitrogens with zero attached hydrogens (tertiary/aromatic N) is 2. The topological polar surface area (TPSA) is 78.1 Å². The van der Waals surface area contributed by atoms with E-state index in [1.165, 1.54) is 22.2 Å². The van der Waals surface area contributed by atoms with Crippen LogP contribution in [0.4, 0.5) is 5.82 Å². The van der Waals surface area contributed by atoms with Crippen molar-refractivity contribution in [2.75, 3.05) is 11.5 Å². The van der Waals surface area contributed by atoms with E-state index in [0.29, 0.717) is 29.1 Å². The van der Waals surface area contributed by atoms with Crippen LogP contribution in [0, 0.1) is 5.92 Å². The molecule has 3 heterocycles. The molecule has 8 heteroatoms. The summed E-state index contributed by atoms with van der Waals surface area (Å²) in [7, 11) is 0. The lowest BCUT2D eigenvalue weighted by Gasteiger charge is -2.26. The highest BCUT2D eigenvalue weighted by Gasteiger charge is 2.27. The second-order valence-electron chi connectivity index (χ2n) is 7.09. The molecule has 0 aliphatic carbocycles. The van der Waals surface area contributed by atoms with Crippen molar-refractivity contribution in [1.82, 2.24) is 9.97 Å². The molecule has 1 aliphatic heterocycles. The average Bonchev–Trinajstić information content (AvgIpc) is 3.04. The first-order chi connectivity index (χ1) is 13.4. The van der Waals surface area contributed by atoms with E-state index in [2.05, 4.69) is 39.7 Å². The second-order valence-corrected chi connectivity index (χ2v) is 10.0. The summed E-state index contributed by atoms with van der Waals surface area (Å²) in [5.74, 6) is 1.25. The van der Waals surface area contributed by atoms with Crippen LogP contribution in [0.5, 0.6) is 0 Å². The zero-order chi connectivity index (χ0) is 19.8. The highest BCUT2D eigenvalue weighted by atomic mass is 79.9. The van der Waals surface area contributed by atoms with Gasteiger partial charge in [-0.05, 0) is 23.6 Å². The van der Waals surface area contributed by atoms with Gasteiger partial charge >= 0.3 is 0 Å². The van der Waals surface area contributed by atoms with Gasteiger partial charge in [-0.3, -0.25) is 4.79 Å². The van der Waals surface area contributed by atoms with Gasteiger partial charge in [0.2, 0.25) is 0 Å². The summed E-state index contributed by atoms with van der Waals surface area (Å²) < 4.78 is 6.92. The largest absolute Gasteiger partial charge is 0.383 e. The van der Waals surface area contributed by atoms with Crippen LogP contribution in [0.25, 0.3) is 10.2 Å². The van der Waals surface area contributed by atoms with E-state index in [-0.39, 0.29) is 17.6 Å². The van der Waals surface area contributed by atoms with E-state index in [1.807, 2.05) is 24.3 Å². The van der Waals surface area contributed by atoms with Crippen LogP contribution < -0.4 is 5.73 Å². The average molecular weight is 478 g/mol. The van der Waals surface area contributed by atoms with Crippen LogP contribution in [0.2, 0.25) is 0 Å². The monoisotopic (exact) mass is 477 g/mol. The van der Waals surface area contributed by atoms with Gasteiger partial charge in [0.1, 0.15) is 10.6 Å². The van der Waals surface area contributed by atoms with Crippen molar-refractivity contribution in [1.29, 1.82) is 0 Å². The van der Waals surface area contributed by atoms with Crippen LogP contribution in [0.1, 0.15) is 34.6 Å². The normalized spacial score (nSPS) is 16.5. The van der Waals surface area contributed by atoms with Crippen LogP contribution in [0.15, 0.2) is 33.9 Å². The zero-order valence-electron chi connectivity index (χ0n) is 15.6. The van der Waals surface area contributed by atoms with Gasteiger partial charge in [-0.1, -0.05) is 53.7 Å². The lowest BCUT2D eigenvalue weighted by molar-refractivity contribution is 0.00203. The summed E-state index contributed by atoms with van der Waals surface area (Å²) in [6.45, 7) is 4.94. The molecule has 0 spiro atoms. The molecule has 28 heavy (non-hydrogen) atoms. The Bertz CT molecular complexity index is 1030. The predicted octanol–water partition coefficient (Wildman–Crippen LogP) is 5.11. The maximum Gasteiger partial charge on any atom is 0.191 e. The third-order valence-corrected chi connectivity index (χ3v) is 7.29. The summed E-state index contributed by atoms with van der Waals surface area (Å²) >= 11 is 6.31. The van der Waals surface area contributed by atoms with Crippen molar-refractivity contribution in [3.63, 3.8) is 0 Å². The summed E-state index contributed by atoms with van der Waals surface area (Å²) in [5, 5.41) is 1.49. The molecule has 0 radical (unpaired) electrons. The van der Waals surface area contributed by atoms with Gasteiger partial charge in [0, 0.05) is 21.3 Å². The lowest BCUT2D eigenvalue weighted by atomic mass is 9.96. The van der Waals surface area contributed by atoms with Crippen LogP contribution in [-0.2, 0) is 17.8 Å². The molecule has 0 fully saturated rings. The first-order valence-electron chi connectivity index (χ1n) is 9.03. The Morgan fingerprint density at radius 3 is 2.82 bits per heavy atom. The van der Waals surface area contributed by atoms with Crippen molar-refractivity contribution >= 4 is 60.8 Å². The minimum Gasteiger partial charge on any atom is -0.383 e. The fourth-order valence-electron chi connectivity index (χ4n) is 3.23. The van der Waals surface area contributed by atoms with Crippen LogP contribution in [-0.4, -0.2) is 27.6 Å². The van der Waals surface area contributed by atoms with E-state index in [9.17, 15) is 4.79 Å². The smallest absolute Gasteiger partial charge is 0.191 e. The Morgan fingerprint density at radius 2 is 2.11 bits per heavy atom. The molecule has 1 unspecified atom stereocenters. The molecule has 0 bridgehead atoms. The standard InChI is InChI=1S/C20H20BrN3O2S2/c1-10(2)15-7-13-16(8-26-15)28-19-17(13)18(22)23-20(24-19)27-9-14(25)11-3-5-12(21)6-4-11/h3-6,10,15H,7-9H2,1-2H3,(H2,22,23,24). The number of halogens is 1. The van der Waals surface area contributed by atoms with E-state index < -0.39 is 0 Å².